The highest BCUT2D eigenvalue weighted by molar-refractivity contribution is 7.89. The summed E-state index contributed by atoms with van der Waals surface area (Å²) in [6.07, 6.45) is -4.42. The van der Waals surface area contributed by atoms with Crippen LogP contribution >= 0.6 is 0 Å². The molecule has 0 aliphatic carbocycles. The fourth-order valence-corrected chi connectivity index (χ4v) is 2.09. The molecule has 0 radical (unpaired) electrons. The maximum atomic E-state index is 12.4. The van der Waals surface area contributed by atoms with Crippen molar-refractivity contribution in [1.82, 2.24) is 0 Å². The lowest BCUT2D eigenvalue weighted by atomic mass is 10.2. The van der Waals surface area contributed by atoms with E-state index < -0.39 is 22.7 Å². The Labute approximate surface area is 109 Å². The molecular formula is C10H14F3N3O2S. The number of alkyl halides is 3. The van der Waals surface area contributed by atoms with Crippen molar-refractivity contribution in [3.63, 3.8) is 0 Å². The van der Waals surface area contributed by atoms with Crippen LogP contribution in [0, 0.1) is 0 Å². The highest BCUT2D eigenvalue weighted by Crippen LogP contribution is 2.29. The van der Waals surface area contributed by atoms with Gasteiger partial charge in [-0.15, -0.1) is 0 Å². The highest BCUT2D eigenvalue weighted by Gasteiger charge is 2.31. The quantitative estimate of drug-likeness (QED) is 0.820. The van der Waals surface area contributed by atoms with Gasteiger partial charge in [0.2, 0.25) is 10.0 Å². The lowest BCUT2D eigenvalue weighted by Gasteiger charge is -2.26. The van der Waals surface area contributed by atoms with Crippen molar-refractivity contribution >= 4 is 21.4 Å². The predicted octanol–water partition coefficient (Wildman–Crippen LogP) is 1.30. The minimum absolute atomic E-state index is 0.00801. The molecule has 0 unspecified atom stereocenters. The predicted molar refractivity (Wildman–Crippen MR) is 66.2 cm³/mol. The van der Waals surface area contributed by atoms with E-state index in [1.807, 2.05) is 0 Å². The molecule has 0 bridgehead atoms. The number of nitrogens with zero attached hydrogens (tertiary/aromatic N) is 1. The second-order valence-electron chi connectivity index (χ2n) is 3.89. The molecule has 0 aliphatic heterocycles. The topological polar surface area (TPSA) is 89.4 Å². The van der Waals surface area contributed by atoms with Crippen LogP contribution in [0.2, 0.25) is 0 Å². The van der Waals surface area contributed by atoms with Crippen LogP contribution in [0.1, 0.15) is 6.92 Å². The first-order valence-electron chi connectivity index (χ1n) is 5.28. The molecule has 108 valence electrons. The van der Waals surface area contributed by atoms with Crippen LogP contribution < -0.4 is 15.8 Å². The molecule has 0 fully saturated rings. The molecule has 1 aromatic carbocycles. The van der Waals surface area contributed by atoms with E-state index in [1.165, 1.54) is 13.0 Å². The summed E-state index contributed by atoms with van der Waals surface area (Å²) >= 11 is 0. The summed E-state index contributed by atoms with van der Waals surface area (Å²) in [6, 6.07) is 3.41. The van der Waals surface area contributed by atoms with Gasteiger partial charge >= 0.3 is 6.18 Å². The standard InChI is InChI=1S/C10H14F3N3O2S/c1-2-16(6-10(11,12)13)9-5-7(19(15,17)18)3-4-8(9)14/h3-5H,2,6,14H2,1H3,(H2,15,17,18). The molecule has 0 amide bonds. The molecule has 0 saturated heterocycles. The van der Waals surface area contributed by atoms with Crippen molar-refractivity contribution < 1.29 is 21.6 Å². The van der Waals surface area contributed by atoms with Crippen LogP contribution in [0.3, 0.4) is 0 Å². The van der Waals surface area contributed by atoms with Crippen molar-refractivity contribution in [2.45, 2.75) is 18.0 Å². The number of sulfonamides is 1. The molecule has 1 rings (SSSR count). The summed E-state index contributed by atoms with van der Waals surface area (Å²) in [5.41, 5.74) is 5.63. The van der Waals surface area contributed by atoms with E-state index in [4.69, 9.17) is 10.9 Å². The summed E-state index contributed by atoms with van der Waals surface area (Å²) in [4.78, 5) is 0.654. The Bertz CT molecular complexity index is 558. The van der Waals surface area contributed by atoms with Gasteiger partial charge in [0.25, 0.3) is 0 Å². The molecule has 0 saturated carbocycles. The van der Waals surface area contributed by atoms with Crippen LogP contribution in [0.15, 0.2) is 23.1 Å². The van der Waals surface area contributed by atoms with E-state index in [2.05, 4.69) is 0 Å². The van der Waals surface area contributed by atoms with Crippen LogP contribution in [0.5, 0.6) is 0 Å². The number of nitrogen functional groups attached to an aromatic ring is 1. The van der Waals surface area contributed by atoms with Gasteiger partial charge in [-0.25, -0.2) is 13.6 Å². The first-order valence-corrected chi connectivity index (χ1v) is 6.83. The van der Waals surface area contributed by atoms with Gasteiger partial charge in [-0.3, -0.25) is 0 Å². The molecule has 1 aromatic rings. The Morgan fingerprint density at radius 1 is 1.32 bits per heavy atom. The summed E-state index contributed by atoms with van der Waals surface area (Å²) in [5, 5.41) is 4.94. The number of anilines is 2. The van der Waals surface area contributed by atoms with Crippen molar-refractivity contribution in [3.05, 3.63) is 18.2 Å². The van der Waals surface area contributed by atoms with Crippen molar-refractivity contribution in [1.29, 1.82) is 0 Å². The van der Waals surface area contributed by atoms with E-state index in [9.17, 15) is 21.6 Å². The first-order chi connectivity index (χ1) is 8.54. The molecule has 0 aromatic heterocycles. The Morgan fingerprint density at radius 3 is 2.32 bits per heavy atom. The fourth-order valence-electron chi connectivity index (χ4n) is 1.56. The third kappa shape index (κ3) is 4.28. The second-order valence-corrected chi connectivity index (χ2v) is 5.46. The SMILES string of the molecule is CCN(CC(F)(F)F)c1cc(S(N)(=O)=O)ccc1N. The van der Waals surface area contributed by atoms with Gasteiger partial charge < -0.3 is 10.6 Å². The third-order valence-corrected chi connectivity index (χ3v) is 3.33. The molecule has 4 N–H and O–H groups in total. The van der Waals surface area contributed by atoms with Crippen LogP contribution in [-0.4, -0.2) is 27.7 Å². The van der Waals surface area contributed by atoms with E-state index in [1.54, 1.807) is 0 Å². The summed E-state index contributed by atoms with van der Waals surface area (Å²) in [6.45, 7) is 0.314. The Balaban J connectivity index is 3.24. The smallest absolute Gasteiger partial charge is 0.397 e. The van der Waals surface area contributed by atoms with Gasteiger partial charge in [0, 0.05) is 6.54 Å². The average molecular weight is 297 g/mol. The number of hydrogen-bond donors (Lipinski definition) is 2. The number of rotatable bonds is 4. The molecule has 0 spiro atoms. The Morgan fingerprint density at radius 2 is 1.89 bits per heavy atom. The zero-order valence-electron chi connectivity index (χ0n) is 10.1. The lowest BCUT2D eigenvalue weighted by molar-refractivity contribution is -0.119. The average Bonchev–Trinajstić information content (AvgIpc) is 2.24. The van der Waals surface area contributed by atoms with Crippen LogP contribution in [-0.2, 0) is 10.0 Å². The zero-order chi connectivity index (χ0) is 14.8. The van der Waals surface area contributed by atoms with E-state index >= 15 is 0 Å². The molecule has 9 heteroatoms. The van der Waals surface area contributed by atoms with E-state index in [0.717, 1.165) is 17.0 Å². The minimum Gasteiger partial charge on any atom is -0.397 e. The van der Waals surface area contributed by atoms with Gasteiger partial charge in [-0.2, -0.15) is 13.2 Å². The van der Waals surface area contributed by atoms with Crippen molar-refractivity contribution in [2.75, 3.05) is 23.7 Å². The second kappa shape index (κ2) is 5.25. The van der Waals surface area contributed by atoms with Gasteiger partial charge in [0.05, 0.1) is 16.3 Å². The lowest BCUT2D eigenvalue weighted by Crippen LogP contribution is -2.34. The number of halogens is 3. The molecule has 0 atom stereocenters. The van der Waals surface area contributed by atoms with Gasteiger partial charge in [0.1, 0.15) is 6.54 Å². The molecule has 0 heterocycles. The Hall–Kier alpha value is -1.48. The number of primary sulfonamides is 1. The van der Waals surface area contributed by atoms with Crippen molar-refractivity contribution in [2.24, 2.45) is 5.14 Å². The molecule has 0 aliphatic rings. The minimum atomic E-state index is -4.42. The largest absolute Gasteiger partial charge is 0.405 e. The molecule has 5 nitrogen and oxygen atoms in total. The highest BCUT2D eigenvalue weighted by atomic mass is 32.2. The normalized spacial score (nSPS) is 12.5. The van der Waals surface area contributed by atoms with Crippen LogP contribution in [0.25, 0.3) is 0 Å². The Kier molecular flexibility index (Phi) is 4.31. The third-order valence-electron chi connectivity index (χ3n) is 2.42. The summed E-state index contributed by atoms with van der Waals surface area (Å²) in [5.74, 6) is 0. The fraction of sp³-hybridized carbons (Fsp3) is 0.400. The molecular weight excluding hydrogens is 283 g/mol. The molecule has 19 heavy (non-hydrogen) atoms. The van der Waals surface area contributed by atoms with E-state index in [-0.39, 0.29) is 22.8 Å². The number of benzene rings is 1. The van der Waals surface area contributed by atoms with Crippen LogP contribution in [0.4, 0.5) is 24.5 Å². The van der Waals surface area contributed by atoms with Gasteiger partial charge in [0.15, 0.2) is 0 Å². The van der Waals surface area contributed by atoms with Crippen molar-refractivity contribution in [3.8, 4) is 0 Å². The number of nitrogens with two attached hydrogens (primary N) is 2. The van der Waals surface area contributed by atoms with Gasteiger partial charge in [-0.05, 0) is 25.1 Å². The monoisotopic (exact) mass is 297 g/mol. The summed E-state index contributed by atoms with van der Waals surface area (Å²) < 4.78 is 59.6. The maximum absolute atomic E-state index is 12.4. The zero-order valence-corrected chi connectivity index (χ0v) is 10.9. The first kappa shape index (κ1) is 15.6. The van der Waals surface area contributed by atoms with Gasteiger partial charge in [-0.1, -0.05) is 0 Å². The summed E-state index contributed by atoms with van der Waals surface area (Å²) in [7, 11) is -3.99. The van der Waals surface area contributed by atoms with E-state index in [0.29, 0.717) is 0 Å². The number of hydrogen-bond acceptors (Lipinski definition) is 4. The maximum Gasteiger partial charge on any atom is 0.405 e.